The number of carbonyl (C=O) groups is 1. The summed E-state index contributed by atoms with van der Waals surface area (Å²) in [6, 6.07) is 8.86. The Balaban J connectivity index is 2.31. The number of nitrogens with one attached hydrogen (secondary N) is 1. The van der Waals surface area contributed by atoms with Gasteiger partial charge in [0.2, 0.25) is 0 Å². The highest BCUT2D eigenvalue weighted by Crippen LogP contribution is 2.25. The van der Waals surface area contributed by atoms with Crippen LogP contribution in [-0.4, -0.2) is 20.0 Å². The van der Waals surface area contributed by atoms with Crippen LogP contribution in [0.15, 0.2) is 36.4 Å². The summed E-state index contributed by atoms with van der Waals surface area (Å²) < 4.78 is 26.9. The Morgan fingerprint density at radius 1 is 1.19 bits per heavy atom. The van der Waals surface area contributed by atoms with Crippen molar-refractivity contribution in [3.8, 4) is 0 Å². The molecule has 4 nitrogen and oxygen atoms in total. The van der Waals surface area contributed by atoms with Crippen molar-refractivity contribution in [2.75, 3.05) is 30.0 Å². The summed E-state index contributed by atoms with van der Waals surface area (Å²) in [4.78, 5) is 14.0. The summed E-state index contributed by atoms with van der Waals surface area (Å²) in [6.45, 7) is 0. The summed E-state index contributed by atoms with van der Waals surface area (Å²) in [5.74, 6) is -2.80. The van der Waals surface area contributed by atoms with Gasteiger partial charge in [-0.05, 0) is 30.3 Å². The predicted octanol–water partition coefficient (Wildman–Crippen LogP) is 2.87. The topological polar surface area (TPSA) is 58.4 Å². The molecule has 110 valence electrons. The van der Waals surface area contributed by atoms with Gasteiger partial charge in [0.15, 0.2) is 11.6 Å². The molecule has 0 aliphatic heterocycles. The zero-order valence-electron chi connectivity index (χ0n) is 11.7. The Morgan fingerprint density at radius 3 is 2.57 bits per heavy atom. The average molecular weight is 291 g/mol. The van der Waals surface area contributed by atoms with Crippen LogP contribution in [0.2, 0.25) is 0 Å². The third-order valence-electron chi connectivity index (χ3n) is 2.99. The van der Waals surface area contributed by atoms with E-state index >= 15 is 0 Å². The maximum atomic E-state index is 13.7. The van der Waals surface area contributed by atoms with Crippen LogP contribution in [0.5, 0.6) is 0 Å². The van der Waals surface area contributed by atoms with Gasteiger partial charge in [0.25, 0.3) is 5.91 Å². The standard InChI is InChI=1S/C15H15F2N3O/c1-20(2)10-5-3-4-9(8-10)15(21)19-14-12(18)7-6-11(16)13(14)17/h3-8H,18H2,1-2H3,(H,19,21). The van der Waals surface area contributed by atoms with Gasteiger partial charge in [-0.1, -0.05) is 6.07 Å². The van der Waals surface area contributed by atoms with Crippen LogP contribution < -0.4 is 16.0 Å². The van der Waals surface area contributed by atoms with E-state index in [2.05, 4.69) is 5.32 Å². The summed E-state index contributed by atoms with van der Waals surface area (Å²) in [7, 11) is 3.67. The molecule has 0 aliphatic carbocycles. The van der Waals surface area contributed by atoms with Gasteiger partial charge < -0.3 is 16.0 Å². The SMILES string of the molecule is CN(C)c1cccc(C(=O)Nc2c(N)ccc(F)c2F)c1. The Labute approximate surface area is 121 Å². The molecule has 0 aromatic heterocycles. The van der Waals surface area contributed by atoms with Gasteiger partial charge in [-0.3, -0.25) is 4.79 Å². The van der Waals surface area contributed by atoms with Crippen molar-refractivity contribution < 1.29 is 13.6 Å². The predicted molar refractivity (Wildman–Crippen MR) is 79.5 cm³/mol. The summed E-state index contributed by atoms with van der Waals surface area (Å²) >= 11 is 0. The van der Waals surface area contributed by atoms with E-state index in [0.717, 1.165) is 11.8 Å². The van der Waals surface area contributed by atoms with E-state index in [1.807, 2.05) is 25.1 Å². The Morgan fingerprint density at radius 2 is 1.90 bits per heavy atom. The van der Waals surface area contributed by atoms with Gasteiger partial charge in [0.1, 0.15) is 5.69 Å². The number of nitrogens with two attached hydrogens (primary N) is 1. The molecule has 0 saturated carbocycles. The van der Waals surface area contributed by atoms with Crippen LogP contribution in [0.3, 0.4) is 0 Å². The lowest BCUT2D eigenvalue weighted by Crippen LogP contribution is -2.16. The lowest BCUT2D eigenvalue weighted by molar-refractivity contribution is 0.102. The lowest BCUT2D eigenvalue weighted by Gasteiger charge is -2.14. The van der Waals surface area contributed by atoms with E-state index in [1.54, 1.807) is 18.2 Å². The molecule has 6 heteroatoms. The molecule has 1 amide bonds. The van der Waals surface area contributed by atoms with E-state index in [9.17, 15) is 13.6 Å². The number of anilines is 3. The fraction of sp³-hybridized carbons (Fsp3) is 0.133. The van der Waals surface area contributed by atoms with Crippen LogP contribution in [0.25, 0.3) is 0 Å². The molecule has 3 N–H and O–H groups in total. The third kappa shape index (κ3) is 3.10. The number of benzene rings is 2. The van der Waals surface area contributed by atoms with Gasteiger partial charge in [0, 0.05) is 25.3 Å². The minimum atomic E-state index is -1.17. The summed E-state index contributed by atoms with van der Waals surface area (Å²) in [5, 5.41) is 2.30. The summed E-state index contributed by atoms with van der Waals surface area (Å²) in [5.41, 5.74) is 6.32. The highest BCUT2D eigenvalue weighted by Gasteiger charge is 2.16. The van der Waals surface area contributed by atoms with Crippen molar-refractivity contribution in [1.29, 1.82) is 0 Å². The molecule has 0 unspecified atom stereocenters. The van der Waals surface area contributed by atoms with Gasteiger partial charge >= 0.3 is 0 Å². The first-order chi connectivity index (χ1) is 9.90. The number of amides is 1. The van der Waals surface area contributed by atoms with Crippen LogP contribution in [-0.2, 0) is 0 Å². The lowest BCUT2D eigenvalue weighted by atomic mass is 10.1. The number of nitrogen functional groups attached to an aromatic ring is 1. The second-order valence-corrected chi connectivity index (χ2v) is 4.72. The van der Waals surface area contributed by atoms with Crippen LogP contribution >= 0.6 is 0 Å². The maximum absolute atomic E-state index is 13.7. The Kier molecular flexibility index (Phi) is 4.07. The number of rotatable bonds is 3. The van der Waals surface area contributed by atoms with Gasteiger partial charge in [-0.15, -0.1) is 0 Å². The van der Waals surface area contributed by atoms with Gasteiger partial charge in [0.05, 0.1) is 5.69 Å². The molecule has 0 atom stereocenters. The molecule has 2 aromatic rings. The van der Waals surface area contributed by atoms with Gasteiger partial charge in [-0.2, -0.15) is 0 Å². The smallest absolute Gasteiger partial charge is 0.255 e. The fourth-order valence-corrected chi connectivity index (χ4v) is 1.80. The summed E-state index contributed by atoms with van der Waals surface area (Å²) in [6.07, 6.45) is 0. The van der Waals surface area contributed by atoms with E-state index in [-0.39, 0.29) is 11.4 Å². The molecule has 0 radical (unpaired) electrons. The van der Waals surface area contributed by atoms with E-state index in [1.165, 1.54) is 6.07 Å². The average Bonchev–Trinajstić information content (AvgIpc) is 2.47. The monoisotopic (exact) mass is 291 g/mol. The number of carbonyl (C=O) groups excluding carboxylic acids is 1. The number of nitrogens with zero attached hydrogens (tertiary/aromatic N) is 1. The van der Waals surface area contributed by atoms with E-state index in [0.29, 0.717) is 5.56 Å². The minimum absolute atomic E-state index is 0.0361. The number of halogens is 2. The first-order valence-corrected chi connectivity index (χ1v) is 6.22. The van der Waals surface area contributed by atoms with Crippen LogP contribution in [0.4, 0.5) is 25.8 Å². The molecule has 0 bridgehead atoms. The molecular weight excluding hydrogens is 276 g/mol. The molecule has 0 saturated heterocycles. The molecular formula is C15H15F2N3O. The zero-order valence-corrected chi connectivity index (χ0v) is 11.7. The van der Waals surface area contributed by atoms with Gasteiger partial charge in [-0.25, -0.2) is 8.78 Å². The molecule has 0 heterocycles. The second-order valence-electron chi connectivity index (χ2n) is 4.72. The molecule has 21 heavy (non-hydrogen) atoms. The first-order valence-electron chi connectivity index (χ1n) is 6.22. The molecule has 0 aliphatic rings. The number of hydrogen-bond donors (Lipinski definition) is 2. The normalized spacial score (nSPS) is 10.3. The minimum Gasteiger partial charge on any atom is -0.397 e. The van der Waals surface area contributed by atoms with Crippen LogP contribution in [0, 0.1) is 11.6 Å². The van der Waals surface area contributed by atoms with Crippen molar-refractivity contribution in [3.05, 3.63) is 53.6 Å². The molecule has 2 rings (SSSR count). The Hall–Kier alpha value is -2.63. The fourth-order valence-electron chi connectivity index (χ4n) is 1.80. The number of hydrogen-bond acceptors (Lipinski definition) is 3. The maximum Gasteiger partial charge on any atom is 0.255 e. The van der Waals surface area contributed by atoms with Crippen molar-refractivity contribution in [2.24, 2.45) is 0 Å². The second kappa shape index (κ2) is 5.78. The van der Waals surface area contributed by atoms with E-state index < -0.39 is 17.5 Å². The first kappa shape index (κ1) is 14.8. The molecule has 0 fully saturated rings. The Bertz CT molecular complexity index is 687. The van der Waals surface area contributed by atoms with Crippen LogP contribution in [0.1, 0.15) is 10.4 Å². The third-order valence-corrected chi connectivity index (χ3v) is 2.99. The molecule has 2 aromatic carbocycles. The van der Waals surface area contributed by atoms with E-state index in [4.69, 9.17) is 5.73 Å². The van der Waals surface area contributed by atoms with Crippen molar-refractivity contribution in [2.45, 2.75) is 0 Å². The van der Waals surface area contributed by atoms with Crippen molar-refractivity contribution in [1.82, 2.24) is 0 Å². The van der Waals surface area contributed by atoms with Crippen molar-refractivity contribution >= 4 is 23.0 Å². The highest BCUT2D eigenvalue weighted by molar-refractivity contribution is 6.06. The zero-order chi connectivity index (χ0) is 15.6. The van der Waals surface area contributed by atoms with Crippen molar-refractivity contribution in [3.63, 3.8) is 0 Å². The molecule has 0 spiro atoms. The quantitative estimate of drug-likeness (QED) is 0.855. The highest BCUT2D eigenvalue weighted by atomic mass is 19.2. The largest absolute Gasteiger partial charge is 0.397 e.